The Hall–Kier alpha value is -5.06. The highest BCUT2D eigenvalue weighted by Gasteiger charge is 2.38. The highest BCUT2D eigenvalue weighted by molar-refractivity contribution is 6.07. The van der Waals surface area contributed by atoms with E-state index in [1.165, 1.54) is 19.1 Å². The van der Waals surface area contributed by atoms with Crippen LogP contribution in [-0.2, 0) is 22.6 Å². The molecule has 0 bridgehead atoms. The molecule has 3 aromatic carbocycles. The van der Waals surface area contributed by atoms with Crippen molar-refractivity contribution in [2.45, 2.75) is 32.9 Å². The number of methoxy groups -OCH3 is 7. The summed E-state index contributed by atoms with van der Waals surface area (Å²) in [5.74, 6) is 2.96. The van der Waals surface area contributed by atoms with E-state index in [4.69, 9.17) is 33.2 Å². The van der Waals surface area contributed by atoms with Gasteiger partial charge in [-0.05, 0) is 49.8 Å². The normalized spacial score (nSPS) is 15.4. The third-order valence-corrected chi connectivity index (χ3v) is 7.82. The van der Waals surface area contributed by atoms with E-state index in [0.717, 1.165) is 11.1 Å². The number of ether oxygens (including phenoxy) is 7. The van der Waals surface area contributed by atoms with Crippen molar-refractivity contribution in [2.24, 2.45) is 0 Å². The van der Waals surface area contributed by atoms with Crippen LogP contribution in [0.2, 0.25) is 0 Å². The van der Waals surface area contributed by atoms with E-state index in [-0.39, 0.29) is 24.6 Å². The zero-order valence-electron chi connectivity index (χ0n) is 27.2. The molecule has 1 N–H and O–H groups in total. The van der Waals surface area contributed by atoms with Crippen molar-refractivity contribution in [1.82, 2.24) is 10.2 Å². The minimum Gasteiger partial charge on any atom is -0.497 e. The molecular formula is C34H40N2O9. The molecule has 3 aromatic rings. The van der Waals surface area contributed by atoms with Gasteiger partial charge in [0.15, 0.2) is 23.0 Å². The lowest BCUT2D eigenvalue weighted by atomic mass is 9.97. The van der Waals surface area contributed by atoms with Gasteiger partial charge < -0.3 is 43.4 Å². The topological polar surface area (TPSA) is 114 Å². The molecule has 11 heteroatoms. The smallest absolute Gasteiger partial charge is 0.268 e. The average molecular weight is 621 g/mol. The van der Waals surface area contributed by atoms with Crippen molar-refractivity contribution in [1.29, 1.82) is 0 Å². The molecule has 4 rings (SSSR count). The van der Waals surface area contributed by atoms with Crippen molar-refractivity contribution in [3.63, 3.8) is 0 Å². The number of rotatable bonds is 12. The maximum atomic E-state index is 14.3. The zero-order valence-corrected chi connectivity index (χ0v) is 27.2. The molecule has 1 fully saturated rings. The molecule has 1 atom stereocenters. The second-order valence-corrected chi connectivity index (χ2v) is 10.3. The summed E-state index contributed by atoms with van der Waals surface area (Å²) in [7, 11) is 10.8. The summed E-state index contributed by atoms with van der Waals surface area (Å²) in [5, 5.41) is 2.92. The number of benzene rings is 3. The molecule has 1 saturated heterocycles. The van der Waals surface area contributed by atoms with Crippen LogP contribution in [-0.4, -0.2) is 72.5 Å². The van der Waals surface area contributed by atoms with Crippen molar-refractivity contribution in [2.75, 3.05) is 49.8 Å². The fourth-order valence-corrected chi connectivity index (χ4v) is 5.67. The molecule has 0 spiro atoms. The molecule has 0 saturated carbocycles. The molecule has 1 aliphatic heterocycles. The van der Waals surface area contributed by atoms with Gasteiger partial charge in [-0.3, -0.25) is 9.59 Å². The summed E-state index contributed by atoms with van der Waals surface area (Å²) in [6.45, 7) is 3.81. The number of hydrogen-bond donors (Lipinski definition) is 1. The van der Waals surface area contributed by atoms with E-state index in [2.05, 4.69) is 5.32 Å². The summed E-state index contributed by atoms with van der Waals surface area (Å²) < 4.78 is 38.9. The second kappa shape index (κ2) is 14.1. The van der Waals surface area contributed by atoms with E-state index >= 15 is 0 Å². The van der Waals surface area contributed by atoms with Gasteiger partial charge >= 0.3 is 0 Å². The lowest BCUT2D eigenvalue weighted by Gasteiger charge is -2.35. The summed E-state index contributed by atoms with van der Waals surface area (Å²) in [6.07, 6.45) is 1.78. The Labute approximate surface area is 263 Å². The van der Waals surface area contributed by atoms with E-state index in [1.54, 1.807) is 53.8 Å². The predicted molar refractivity (Wildman–Crippen MR) is 169 cm³/mol. The molecule has 240 valence electrons. The van der Waals surface area contributed by atoms with Crippen molar-refractivity contribution in [3.05, 3.63) is 69.9 Å². The standard InChI is InChI=1S/C34H40N2O9/c1-19-29(42-6)22(16-27(40-4)31(19)44-8)14-25-34(38)36(18-21-10-12-24(39-3)13-11-21)26(33(37)35-25)15-23-17-28(41-5)32(45-9)20(2)30(23)43-7/h10-13,15-17,25H,14,18H2,1-9H3,(H,35,37)/b26-15-. The van der Waals surface area contributed by atoms with Crippen LogP contribution in [0.15, 0.2) is 42.1 Å². The van der Waals surface area contributed by atoms with Crippen LogP contribution in [0.3, 0.4) is 0 Å². The van der Waals surface area contributed by atoms with Gasteiger partial charge in [-0.25, -0.2) is 0 Å². The molecule has 1 heterocycles. The second-order valence-electron chi connectivity index (χ2n) is 10.3. The van der Waals surface area contributed by atoms with Gasteiger partial charge in [-0.15, -0.1) is 0 Å². The number of amides is 2. The fraction of sp³-hybridized carbons (Fsp3) is 0.353. The first-order valence-corrected chi connectivity index (χ1v) is 14.2. The van der Waals surface area contributed by atoms with Gasteiger partial charge in [0.2, 0.25) is 5.91 Å². The van der Waals surface area contributed by atoms with E-state index in [9.17, 15) is 9.59 Å². The summed E-state index contributed by atoms with van der Waals surface area (Å²) in [6, 6.07) is 9.91. The Morgan fingerprint density at radius 2 is 1.27 bits per heavy atom. The van der Waals surface area contributed by atoms with Gasteiger partial charge in [-0.2, -0.15) is 0 Å². The molecule has 0 radical (unpaired) electrons. The van der Waals surface area contributed by atoms with Gasteiger partial charge in [0.05, 0.1) is 56.3 Å². The molecule has 2 amide bonds. The number of hydrogen-bond acceptors (Lipinski definition) is 9. The molecule has 0 aromatic heterocycles. The van der Waals surface area contributed by atoms with Crippen LogP contribution in [0, 0.1) is 13.8 Å². The number of piperazine rings is 1. The minimum atomic E-state index is -0.895. The Kier molecular flexibility index (Phi) is 10.3. The third kappa shape index (κ3) is 6.43. The minimum absolute atomic E-state index is 0.134. The maximum absolute atomic E-state index is 14.3. The first-order chi connectivity index (χ1) is 21.6. The van der Waals surface area contributed by atoms with Crippen LogP contribution in [0.1, 0.15) is 27.8 Å². The van der Waals surface area contributed by atoms with Crippen LogP contribution in [0.4, 0.5) is 0 Å². The van der Waals surface area contributed by atoms with E-state index in [1.807, 2.05) is 38.1 Å². The van der Waals surface area contributed by atoms with E-state index < -0.39 is 11.9 Å². The van der Waals surface area contributed by atoms with E-state index in [0.29, 0.717) is 56.9 Å². The number of carbonyl (C=O) groups excluding carboxylic acids is 2. The molecule has 11 nitrogen and oxygen atoms in total. The summed E-state index contributed by atoms with van der Waals surface area (Å²) >= 11 is 0. The van der Waals surface area contributed by atoms with Crippen LogP contribution in [0.5, 0.6) is 40.2 Å². The fourth-order valence-electron chi connectivity index (χ4n) is 5.67. The third-order valence-electron chi connectivity index (χ3n) is 7.82. The lowest BCUT2D eigenvalue weighted by Crippen LogP contribution is -2.57. The SMILES string of the molecule is COc1ccc(CN2C(=O)C(Cc3cc(OC)c(OC)c(C)c3OC)NC(=O)/C2=C/c2cc(OC)c(OC)c(C)c2OC)cc1. The molecule has 45 heavy (non-hydrogen) atoms. The van der Waals surface area contributed by atoms with Crippen molar-refractivity contribution < 1.29 is 42.7 Å². The van der Waals surface area contributed by atoms with Gasteiger partial charge in [0, 0.05) is 28.7 Å². The van der Waals surface area contributed by atoms with Crippen LogP contribution in [0.25, 0.3) is 6.08 Å². The Balaban J connectivity index is 1.82. The highest BCUT2D eigenvalue weighted by atomic mass is 16.5. The first-order valence-electron chi connectivity index (χ1n) is 14.2. The van der Waals surface area contributed by atoms with Gasteiger partial charge in [0.1, 0.15) is 29.0 Å². The molecule has 1 aliphatic rings. The Morgan fingerprint density at radius 1 is 0.711 bits per heavy atom. The van der Waals surface area contributed by atoms with Crippen molar-refractivity contribution >= 4 is 17.9 Å². The van der Waals surface area contributed by atoms with Gasteiger partial charge in [-0.1, -0.05) is 12.1 Å². The molecule has 0 aliphatic carbocycles. The summed E-state index contributed by atoms with van der Waals surface area (Å²) in [5.41, 5.74) is 3.58. The van der Waals surface area contributed by atoms with Crippen LogP contribution < -0.4 is 38.5 Å². The maximum Gasteiger partial charge on any atom is 0.268 e. The monoisotopic (exact) mass is 620 g/mol. The first kappa shape index (κ1) is 32.8. The number of carbonyl (C=O) groups is 2. The predicted octanol–water partition coefficient (Wildman–Crippen LogP) is 4.47. The molecule has 1 unspecified atom stereocenters. The molecular weight excluding hydrogens is 580 g/mol. The van der Waals surface area contributed by atoms with Crippen LogP contribution >= 0.6 is 0 Å². The largest absolute Gasteiger partial charge is 0.497 e. The average Bonchev–Trinajstić information content (AvgIpc) is 3.04. The Morgan fingerprint density at radius 3 is 1.80 bits per heavy atom. The highest BCUT2D eigenvalue weighted by Crippen LogP contribution is 2.42. The number of nitrogens with zero attached hydrogens (tertiary/aromatic N) is 1. The lowest BCUT2D eigenvalue weighted by molar-refractivity contribution is -0.140. The van der Waals surface area contributed by atoms with Gasteiger partial charge in [0.25, 0.3) is 5.91 Å². The van der Waals surface area contributed by atoms with Crippen molar-refractivity contribution in [3.8, 4) is 40.2 Å². The zero-order chi connectivity index (χ0) is 32.8. The summed E-state index contributed by atoms with van der Waals surface area (Å²) in [4.78, 5) is 29.7. The Bertz CT molecular complexity index is 1600. The number of nitrogens with one attached hydrogen (secondary N) is 1. The quantitative estimate of drug-likeness (QED) is 0.293.